The quantitative estimate of drug-likeness (QED) is 0.502. The van der Waals surface area contributed by atoms with Crippen LogP contribution in [-0.4, -0.2) is 49.5 Å². The molecule has 2 aromatic rings. The van der Waals surface area contributed by atoms with Gasteiger partial charge in [-0.05, 0) is 56.7 Å². The van der Waals surface area contributed by atoms with Crippen LogP contribution in [0.4, 0.5) is 19.3 Å². The van der Waals surface area contributed by atoms with Crippen LogP contribution in [0.25, 0.3) is 0 Å². The number of hydrogen-bond donors (Lipinski definition) is 1. The number of anilines is 1. The maximum absolute atomic E-state index is 13.7. The average Bonchev–Trinajstić information content (AvgIpc) is 3.42. The zero-order chi connectivity index (χ0) is 28.0. The van der Waals surface area contributed by atoms with E-state index >= 15 is 0 Å². The first kappa shape index (κ1) is 28.0. The monoisotopic (exact) mass is 568 g/mol. The zero-order valence-corrected chi connectivity index (χ0v) is 22.5. The Hall–Kier alpha value is -3.05. The first-order chi connectivity index (χ1) is 17.6. The van der Waals surface area contributed by atoms with Crippen molar-refractivity contribution in [1.29, 1.82) is 0 Å². The van der Waals surface area contributed by atoms with Gasteiger partial charge in [0, 0.05) is 29.3 Å². The topological polar surface area (TPSA) is 110 Å². The first-order valence-electron chi connectivity index (χ1n) is 11.9. The molecule has 2 aromatic carbocycles. The summed E-state index contributed by atoms with van der Waals surface area (Å²) in [6.45, 7) is 4.76. The van der Waals surface area contributed by atoms with Crippen LogP contribution >= 0.6 is 11.6 Å². The number of carbonyl (C=O) groups excluding carboxylic acids is 3. The highest BCUT2D eigenvalue weighted by molar-refractivity contribution is 7.91. The molecule has 12 heteroatoms. The number of nitrogens with one attached hydrogen (secondary N) is 1. The third-order valence-electron chi connectivity index (χ3n) is 6.19. The van der Waals surface area contributed by atoms with Gasteiger partial charge in [0.15, 0.2) is 15.6 Å². The lowest BCUT2D eigenvalue weighted by atomic mass is 10.0. The standard InChI is InChI=1S/C26H27ClF2N2O6S/c1-25(2,3)37-24(34)30-19-14-38(35,36)22-9-6-16(21(32)11-17-12-26(17,28)29)10-20(22)31(23(19)33)13-15-4-7-18(27)8-5-15/h4-10,17,19H,11-14H2,1-3H3,(H,30,34)/t17-,19+/m1/s1. The molecular formula is C26H27ClF2N2O6S. The van der Waals surface area contributed by atoms with Crippen LogP contribution in [0.15, 0.2) is 47.4 Å². The Balaban J connectivity index is 1.74. The summed E-state index contributed by atoms with van der Waals surface area (Å²) in [5, 5.41) is 2.81. The number of alkyl carbamates (subject to hydrolysis) is 1. The maximum Gasteiger partial charge on any atom is 0.408 e. The molecular weight excluding hydrogens is 542 g/mol. The predicted molar refractivity (Wildman–Crippen MR) is 136 cm³/mol. The Morgan fingerprint density at radius 2 is 1.79 bits per heavy atom. The molecule has 1 fully saturated rings. The Morgan fingerprint density at radius 3 is 2.37 bits per heavy atom. The lowest BCUT2D eigenvalue weighted by Crippen LogP contribution is -2.51. The van der Waals surface area contributed by atoms with Gasteiger partial charge in [-0.3, -0.25) is 9.59 Å². The molecule has 2 amide bonds. The van der Waals surface area contributed by atoms with Crippen LogP contribution in [0.5, 0.6) is 0 Å². The van der Waals surface area contributed by atoms with Crippen LogP contribution < -0.4 is 10.2 Å². The van der Waals surface area contributed by atoms with E-state index in [2.05, 4.69) is 5.32 Å². The minimum atomic E-state index is -4.14. The van der Waals surface area contributed by atoms with Crippen molar-refractivity contribution >= 4 is 44.9 Å². The molecule has 1 aliphatic heterocycles. The number of ether oxygens (including phenoxy) is 1. The summed E-state index contributed by atoms with van der Waals surface area (Å²) in [4.78, 5) is 39.9. The lowest BCUT2D eigenvalue weighted by Gasteiger charge is -2.27. The SMILES string of the molecule is CC(C)(C)OC(=O)N[C@H]1CS(=O)(=O)c2ccc(C(=O)C[C@@H]3CC3(F)F)cc2N(Cc2ccc(Cl)cc2)C1=O. The lowest BCUT2D eigenvalue weighted by molar-refractivity contribution is -0.120. The van der Waals surface area contributed by atoms with E-state index in [1.807, 2.05) is 0 Å². The van der Waals surface area contributed by atoms with Crippen molar-refractivity contribution < 1.29 is 36.3 Å². The van der Waals surface area contributed by atoms with E-state index in [0.29, 0.717) is 10.6 Å². The second-order valence-electron chi connectivity index (χ2n) is 10.5. The van der Waals surface area contributed by atoms with Gasteiger partial charge in [0.25, 0.3) is 11.8 Å². The molecule has 1 saturated carbocycles. The van der Waals surface area contributed by atoms with E-state index < -0.39 is 63.3 Å². The zero-order valence-electron chi connectivity index (χ0n) is 21.0. The van der Waals surface area contributed by atoms with Gasteiger partial charge in [0.05, 0.1) is 22.9 Å². The van der Waals surface area contributed by atoms with E-state index in [1.165, 1.54) is 18.2 Å². The highest BCUT2D eigenvalue weighted by Gasteiger charge is 2.57. The molecule has 0 radical (unpaired) electrons. The number of rotatable bonds is 6. The molecule has 204 valence electrons. The number of ketones is 1. The van der Waals surface area contributed by atoms with Gasteiger partial charge in [-0.1, -0.05) is 23.7 Å². The third kappa shape index (κ3) is 6.32. The number of hydrogen-bond acceptors (Lipinski definition) is 6. The van der Waals surface area contributed by atoms with Crippen LogP contribution in [0.1, 0.15) is 49.5 Å². The number of alkyl halides is 2. The summed E-state index contributed by atoms with van der Waals surface area (Å²) in [6, 6.07) is 8.70. The molecule has 0 unspecified atom stereocenters. The van der Waals surface area contributed by atoms with Crippen molar-refractivity contribution in [3.63, 3.8) is 0 Å². The number of halogens is 3. The predicted octanol–water partition coefficient (Wildman–Crippen LogP) is 4.78. The van der Waals surface area contributed by atoms with Crippen LogP contribution in [-0.2, 0) is 25.9 Å². The molecule has 0 spiro atoms. The fourth-order valence-electron chi connectivity index (χ4n) is 4.17. The molecule has 2 atom stereocenters. The summed E-state index contributed by atoms with van der Waals surface area (Å²) >= 11 is 5.97. The van der Waals surface area contributed by atoms with Crippen LogP contribution in [0, 0.1) is 5.92 Å². The van der Waals surface area contributed by atoms with Gasteiger partial charge in [-0.15, -0.1) is 0 Å². The summed E-state index contributed by atoms with van der Waals surface area (Å²) < 4.78 is 58.7. The van der Waals surface area contributed by atoms with Crippen molar-refractivity contribution in [1.82, 2.24) is 5.32 Å². The van der Waals surface area contributed by atoms with E-state index in [-0.39, 0.29) is 29.1 Å². The van der Waals surface area contributed by atoms with Crippen LogP contribution in [0.3, 0.4) is 0 Å². The van der Waals surface area contributed by atoms with Gasteiger partial charge in [-0.2, -0.15) is 0 Å². The Labute approximate surface area is 224 Å². The summed E-state index contributed by atoms with van der Waals surface area (Å²) in [5.41, 5.74) is -0.365. The number of carbonyl (C=O) groups is 3. The Kier molecular flexibility index (Phi) is 7.30. The largest absolute Gasteiger partial charge is 0.444 e. The molecule has 2 aliphatic rings. The van der Waals surface area contributed by atoms with Gasteiger partial charge in [0.1, 0.15) is 11.6 Å². The maximum atomic E-state index is 13.7. The van der Waals surface area contributed by atoms with Crippen molar-refractivity contribution in [3.05, 3.63) is 58.6 Å². The second kappa shape index (κ2) is 9.92. The molecule has 1 N–H and O–H groups in total. The van der Waals surface area contributed by atoms with Gasteiger partial charge < -0.3 is 15.0 Å². The smallest absolute Gasteiger partial charge is 0.408 e. The molecule has 0 saturated heterocycles. The Bertz CT molecular complexity index is 1390. The van der Waals surface area contributed by atoms with Crippen molar-refractivity contribution in [2.24, 2.45) is 5.92 Å². The van der Waals surface area contributed by atoms with E-state index in [9.17, 15) is 31.6 Å². The Morgan fingerprint density at radius 1 is 1.16 bits per heavy atom. The second-order valence-corrected chi connectivity index (χ2v) is 12.9. The molecule has 0 aromatic heterocycles. The van der Waals surface area contributed by atoms with E-state index in [0.717, 1.165) is 4.90 Å². The minimum Gasteiger partial charge on any atom is -0.444 e. The minimum absolute atomic E-state index is 0.00843. The summed E-state index contributed by atoms with van der Waals surface area (Å²) in [6.07, 6.45) is -1.74. The number of fused-ring (bicyclic) bond motifs is 1. The van der Waals surface area contributed by atoms with Crippen molar-refractivity contribution in [2.45, 2.75) is 62.6 Å². The number of amides is 2. The fraction of sp³-hybridized carbons (Fsp3) is 0.423. The first-order valence-corrected chi connectivity index (χ1v) is 13.9. The number of nitrogens with zero attached hydrogens (tertiary/aromatic N) is 1. The van der Waals surface area contributed by atoms with Crippen molar-refractivity contribution in [3.8, 4) is 0 Å². The number of benzene rings is 2. The number of sulfone groups is 1. The fourth-order valence-corrected chi connectivity index (χ4v) is 5.91. The van der Waals surface area contributed by atoms with Gasteiger partial charge >= 0.3 is 6.09 Å². The van der Waals surface area contributed by atoms with E-state index in [1.54, 1.807) is 45.0 Å². The number of Topliss-reactive ketones (excluding diaryl/α,β-unsaturated/α-hetero) is 1. The third-order valence-corrected chi connectivity index (χ3v) is 8.23. The van der Waals surface area contributed by atoms with E-state index in [4.69, 9.17) is 16.3 Å². The molecule has 0 bridgehead atoms. The van der Waals surface area contributed by atoms with Gasteiger partial charge in [-0.25, -0.2) is 22.0 Å². The summed E-state index contributed by atoms with van der Waals surface area (Å²) in [7, 11) is -4.14. The van der Waals surface area contributed by atoms with Gasteiger partial charge in [0.2, 0.25) is 0 Å². The highest BCUT2D eigenvalue weighted by atomic mass is 35.5. The molecule has 8 nitrogen and oxygen atoms in total. The highest BCUT2D eigenvalue weighted by Crippen LogP contribution is 2.51. The average molecular weight is 569 g/mol. The normalized spacial score (nSPS) is 21.7. The molecule has 1 heterocycles. The molecule has 1 aliphatic carbocycles. The molecule has 4 rings (SSSR count). The van der Waals surface area contributed by atoms with Crippen LogP contribution in [0.2, 0.25) is 5.02 Å². The summed E-state index contributed by atoms with van der Waals surface area (Å²) in [5.74, 6) is -6.02. The van der Waals surface area contributed by atoms with Crippen molar-refractivity contribution in [2.75, 3.05) is 10.7 Å². The molecule has 38 heavy (non-hydrogen) atoms.